The summed E-state index contributed by atoms with van der Waals surface area (Å²) in [5.41, 5.74) is 9.90. The van der Waals surface area contributed by atoms with Gasteiger partial charge in [0.05, 0.1) is 0 Å². The van der Waals surface area contributed by atoms with E-state index in [2.05, 4.69) is 49.6 Å². The van der Waals surface area contributed by atoms with Crippen molar-refractivity contribution in [2.75, 3.05) is 5.73 Å². The summed E-state index contributed by atoms with van der Waals surface area (Å²) in [4.78, 5) is 4.83. The third-order valence-electron chi connectivity index (χ3n) is 4.23. The van der Waals surface area contributed by atoms with Crippen LogP contribution in [0.4, 0.5) is 5.82 Å². The highest BCUT2D eigenvalue weighted by Crippen LogP contribution is 2.40. The van der Waals surface area contributed by atoms with Crippen LogP contribution in [-0.4, -0.2) is 9.55 Å². The quantitative estimate of drug-likeness (QED) is 0.875. The Hall–Kier alpha value is -1.77. The molecule has 0 saturated heterocycles. The zero-order chi connectivity index (χ0) is 15.0. The number of nitrogens with two attached hydrogens (primary N) is 1. The van der Waals surface area contributed by atoms with Crippen molar-refractivity contribution in [1.29, 1.82) is 0 Å². The lowest BCUT2D eigenvalue weighted by atomic mass is 10.1. The van der Waals surface area contributed by atoms with Crippen molar-refractivity contribution < 1.29 is 0 Å². The molecule has 1 aromatic carbocycles. The maximum atomic E-state index is 6.37. The van der Waals surface area contributed by atoms with E-state index in [-0.39, 0.29) is 0 Å². The van der Waals surface area contributed by atoms with Crippen molar-refractivity contribution in [3.63, 3.8) is 0 Å². The zero-order valence-corrected chi connectivity index (χ0v) is 13.3. The van der Waals surface area contributed by atoms with Gasteiger partial charge in [0, 0.05) is 18.0 Å². The zero-order valence-electron chi connectivity index (χ0n) is 13.3. The highest BCUT2D eigenvalue weighted by molar-refractivity contribution is 5.71. The number of rotatable bonds is 5. The normalized spacial score (nSPS) is 14.9. The average Bonchev–Trinajstić information content (AvgIpc) is 3.26. The fourth-order valence-electron chi connectivity index (χ4n) is 2.93. The molecular weight excluding hydrogens is 258 g/mol. The van der Waals surface area contributed by atoms with Gasteiger partial charge < -0.3 is 10.3 Å². The van der Waals surface area contributed by atoms with Crippen LogP contribution >= 0.6 is 0 Å². The molecule has 0 aliphatic heterocycles. The van der Waals surface area contributed by atoms with Gasteiger partial charge in [-0.2, -0.15) is 0 Å². The number of anilines is 1. The Morgan fingerprint density at radius 3 is 2.43 bits per heavy atom. The van der Waals surface area contributed by atoms with Gasteiger partial charge >= 0.3 is 0 Å². The molecule has 1 heterocycles. The fourth-order valence-corrected chi connectivity index (χ4v) is 2.93. The summed E-state index contributed by atoms with van der Waals surface area (Å²) >= 11 is 0. The molecule has 21 heavy (non-hydrogen) atoms. The van der Waals surface area contributed by atoms with E-state index in [1.165, 1.54) is 18.4 Å². The summed E-state index contributed by atoms with van der Waals surface area (Å²) in [7, 11) is 0. The molecule has 0 spiro atoms. The first-order valence-electron chi connectivity index (χ1n) is 8.08. The summed E-state index contributed by atoms with van der Waals surface area (Å²) in [5.74, 6) is 3.08. The lowest BCUT2D eigenvalue weighted by Crippen LogP contribution is -2.08. The van der Waals surface area contributed by atoms with E-state index in [0.29, 0.717) is 5.92 Å². The van der Waals surface area contributed by atoms with Crippen molar-refractivity contribution in [2.24, 2.45) is 0 Å². The fraction of sp³-hybridized carbons (Fsp3) is 0.500. The maximum Gasteiger partial charge on any atom is 0.131 e. The van der Waals surface area contributed by atoms with Gasteiger partial charge in [-0.3, -0.25) is 0 Å². The highest BCUT2D eigenvalue weighted by Gasteiger charge is 2.23. The van der Waals surface area contributed by atoms with E-state index in [1.807, 2.05) is 0 Å². The number of hydrogen-bond acceptors (Lipinski definition) is 2. The summed E-state index contributed by atoms with van der Waals surface area (Å²) < 4.78 is 2.18. The van der Waals surface area contributed by atoms with Gasteiger partial charge in [-0.1, -0.05) is 45.0 Å². The molecule has 0 radical (unpaired) electrons. The summed E-state index contributed by atoms with van der Waals surface area (Å²) in [6, 6.07) is 8.82. The number of hydrogen-bond donors (Lipinski definition) is 1. The molecule has 0 amide bonds. The van der Waals surface area contributed by atoms with Crippen molar-refractivity contribution in [2.45, 2.75) is 58.4 Å². The van der Waals surface area contributed by atoms with Gasteiger partial charge in [-0.15, -0.1) is 0 Å². The average molecular weight is 283 g/mol. The second-order valence-corrected chi connectivity index (χ2v) is 6.41. The first-order valence-corrected chi connectivity index (χ1v) is 8.08. The molecule has 1 aromatic heterocycles. The first-order chi connectivity index (χ1) is 10.1. The number of aromatic nitrogens is 2. The Balaban J connectivity index is 1.98. The molecule has 0 atom stereocenters. The number of nitrogen functional groups attached to an aromatic ring is 1. The number of imidazole rings is 1. The summed E-state index contributed by atoms with van der Waals surface area (Å²) in [6.45, 7) is 7.46. The van der Waals surface area contributed by atoms with E-state index in [9.17, 15) is 0 Å². The van der Waals surface area contributed by atoms with Crippen LogP contribution < -0.4 is 5.73 Å². The van der Waals surface area contributed by atoms with Crippen LogP contribution in [0.3, 0.4) is 0 Å². The highest BCUT2D eigenvalue weighted by atomic mass is 15.1. The monoisotopic (exact) mass is 283 g/mol. The molecule has 1 aliphatic carbocycles. The molecule has 1 saturated carbocycles. The van der Waals surface area contributed by atoms with Gasteiger partial charge in [-0.05, 0) is 30.7 Å². The molecule has 3 nitrogen and oxygen atoms in total. The molecule has 112 valence electrons. The summed E-state index contributed by atoms with van der Waals surface area (Å²) in [5, 5.41) is 0. The predicted molar refractivity (Wildman–Crippen MR) is 88.4 cm³/mol. The minimum Gasteiger partial charge on any atom is -0.383 e. The van der Waals surface area contributed by atoms with E-state index in [0.717, 1.165) is 41.8 Å². The number of nitrogens with zero attached hydrogens (tertiary/aromatic N) is 2. The lowest BCUT2D eigenvalue weighted by molar-refractivity contribution is 0.616. The smallest absolute Gasteiger partial charge is 0.131 e. The second kappa shape index (κ2) is 5.55. The van der Waals surface area contributed by atoms with Crippen molar-refractivity contribution >= 4 is 5.82 Å². The number of benzene rings is 1. The van der Waals surface area contributed by atoms with Crippen molar-refractivity contribution in [1.82, 2.24) is 9.55 Å². The Kier molecular flexibility index (Phi) is 3.75. The largest absolute Gasteiger partial charge is 0.383 e. The van der Waals surface area contributed by atoms with Gasteiger partial charge in [-0.25, -0.2) is 4.98 Å². The van der Waals surface area contributed by atoms with E-state index >= 15 is 0 Å². The van der Waals surface area contributed by atoms with Gasteiger partial charge in [0.25, 0.3) is 0 Å². The van der Waals surface area contributed by atoms with Crippen LogP contribution in [0, 0.1) is 0 Å². The molecule has 0 bridgehead atoms. The SMILES string of the molecule is CCCn1c(C(C)C)nc(-c2ccc(C3CC3)cc2)c1N. The maximum absolute atomic E-state index is 6.37. The van der Waals surface area contributed by atoms with E-state index < -0.39 is 0 Å². The topological polar surface area (TPSA) is 43.8 Å². The van der Waals surface area contributed by atoms with Crippen LogP contribution in [0.1, 0.15) is 63.3 Å². The van der Waals surface area contributed by atoms with Crippen LogP contribution in [0.25, 0.3) is 11.3 Å². The second-order valence-electron chi connectivity index (χ2n) is 6.41. The third kappa shape index (κ3) is 2.69. The van der Waals surface area contributed by atoms with Crippen molar-refractivity contribution in [3.8, 4) is 11.3 Å². The predicted octanol–water partition coefficient (Wildman–Crippen LogP) is 4.54. The third-order valence-corrected chi connectivity index (χ3v) is 4.23. The molecule has 3 heteroatoms. The molecule has 1 fully saturated rings. The molecular formula is C18H25N3. The Morgan fingerprint density at radius 1 is 1.24 bits per heavy atom. The lowest BCUT2D eigenvalue weighted by Gasteiger charge is -2.10. The van der Waals surface area contributed by atoms with E-state index in [4.69, 9.17) is 10.7 Å². The molecule has 0 unspecified atom stereocenters. The van der Waals surface area contributed by atoms with Crippen LogP contribution in [0.2, 0.25) is 0 Å². The summed E-state index contributed by atoms with van der Waals surface area (Å²) in [6.07, 6.45) is 3.74. The van der Waals surface area contributed by atoms with Gasteiger partial charge in [0.1, 0.15) is 17.3 Å². The Morgan fingerprint density at radius 2 is 1.90 bits per heavy atom. The van der Waals surface area contributed by atoms with Gasteiger partial charge in [0.2, 0.25) is 0 Å². The molecule has 3 rings (SSSR count). The Labute approximate surface area is 127 Å². The minimum absolute atomic E-state index is 0.387. The van der Waals surface area contributed by atoms with Gasteiger partial charge in [0.15, 0.2) is 0 Å². The molecule has 1 aliphatic rings. The molecule has 2 N–H and O–H groups in total. The van der Waals surface area contributed by atoms with Crippen molar-refractivity contribution in [3.05, 3.63) is 35.7 Å². The van der Waals surface area contributed by atoms with Crippen LogP contribution in [-0.2, 0) is 6.54 Å². The molecule has 2 aromatic rings. The minimum atomic E-state index is 0.387. The van der Waals surface area contributed by atoms with E-state index in [1.54, 1.807) is 0 Å². The Bertz CT molecular complexity index is 619. The van der Waals surface area contributed by atoms with Crippen LogP contribution in [0.5, 0.6) is 0 Å². The standard InChI is InChI=1S/C18H25N3/c1-4-11-21-17(19)16(20-18(21)12(2)3)15-9-7-14(8-10-15)13-5-6-13/h7-10,12-13H,4-6,11,19H2,1-3H3. The first kappa shape index (κ1) is 14.2. The van der Waals surface area contributed by atoms with Crippen LogP contribution in [0.15, 0.2) is 24.3 Å².